The van der Waals surface area contributed by atoms with Crippen molar-refractivity contribution in [2.45, 2.75) is 12.8 Å². The van der Waals surface area contributed by atoms with Gasteiger partial charge in [0.1, 0.15) is 6.61 Å². The Balaban J connectivity index is 2.17. The van der Waals surface area contributed by atoms with Gasteiger partial charge in [0.15, 0.2) is 11.5 Å². The molecule has 0 aliphatic heterocycles. The van der Waals surface area contributed by atoms with Gasteiger partial charge in [-0.3, -0.25) is 0 Å². The molecule has 0 fully saturated rings. The van der Waals surface area contributed by atoms with Crippen LogP contribution in [0.25, 0.3) is 0 Å². The molecule has 0 N–H and O–H groups in total. The highest BCUT2D eigenvalue weighted by atomic mass is 19.4. The molecule has 0 saturated carbocycles. The van der Waals surface area contributed by atoms with E-state index < -0.39 is 11.7 Å². The van der Waals surface area contributed by atoms with Crippen molar-refractivity contribution < 1.29 is 27.4 Å². The zero-order chi connectivity index (χ0) is 16.2. The fraction of sp³-hybridized carbons (Fsp3) is 0.250. The van der Waals surface area contributed by atoms with Gasteiger partial charge in [0.25, 0.3) is 0 Å². The third-order valence-electron chi connectivity index (χ3n) is 3.02. The topological polar surface area (TPSA) is 27.7 Å². The van der Waals surface area contributed by atoms with Crippen LogP contribution in [0.3, 0.4) is 0 Å². The van der Waals surface area contributed by atoms with Gasteiger partial charge in [0.2, 0.25) is 5.75 Å². The molecule has 0 atom stereocenters. The molecule has 2 aromatic carbocycles. The molecule has 0 amide bonds. The predicted octanol–water partition coefficient (Wildman–Crippen LogP) is 4.30. The number of halogens is 3. The average Bonchev–Trinajstić information content (AvgIpc) is 2.51. The van der Waals surface area contributed by atoms with Gasteiger partial charge in [0.05, 0.1) is 19.8 Å². The maximum absolute atomic E-state index is 12.7. The summed E-state index contributed by atoms with van der Waals surface area (Å²) in [6.45, 7) is -0.00650. The first kappa shape index (κ1) is 16.0. The quantitative estimate of drug-likeness (QED) is 0.824. The van der Waals surface area contributed by atoms with Gasteiger partial charge in [-0.25, -0.2) is 0 Å². The van der Waals surface area contributed by atoms with E-state index in [0.717, 1.165) is 12.1 Å². The number of methoxy groups -OCH3 is 2. The van der Waals surface area contributed by atoms with Crippen LogP contribution in [-0.2, 0) is 12.8 Å². The lowest BCUT2D eigenvalue weighted by molar-refractivity contribution is -0.137. The monoisotopic (exact) mass is 312 g/mol. The van der Waals surface area contributed by atoms with Crippen molar-refractivity contribution >= 4 is 0 Å². The molecular formula is C16H15F3O3. The van der Waals surface area contributed by atoms with Crippen molar-refractivity contribution in [3.05, 3.63) is 53.6 Å². The fourth-order valence-electron chi connectivity index (χ4n) is 1.97. The standard InChI is InChI=1S/C16H15F3O3/c1-20-13-7-4-8-14(15(13)21-2)22-10-11-5-3-6-12(9-11)16(17,18)19/h3-9H,10H2,1-2H3. The predicted molar refractivity (Wildman–Crippen MR) is 75.3 cm³/mol. The first-order valence-electron chi connectivity index (χ1n) is 6.45. The van der Waals surface area contributed by atoms with Crippen molar-refractivity contribution in [3.63, 3.8) is 0 Å². The molecule has 0 spiro atoms. The summed E-state index contributed by atoms with van der Waals surface area (Å²) in [5.41, 5.74) is -0.286. The molecule has 0 bridgehead atoms. The lowest BCUT2D eigenvalue weighted by Gasteiger charge is -2.14. The SMILES string of the molecule is COc1cccc(OCc2cccc(C(F)(F)F)c2)c1OC. The summed E-state index contributed by atoms with van der Waals surface area (Å²) in [5, 5.41) is 0. The molecule has 2 aromatic rings. The normalized spacial score (nSPS) is 11.1. The lowest BCUT2D eigenvalue weighted by Crippen LogP contribution is -2.06. The van der Waals surface area contributed by atoms with Gasteiger partial charge in [-0.2, -0.15) is 13.2 Å². The highest BCUT2D eigenvalue weighted by molar-refractivity contribution is 5.51. The number of alkyl halides is 3. The second kappa shape index (κ2) is 6.60. The first-order valence-corrected chi connectivity index (χ1v) is 6.45. The van der Waals surface area contributed by atoms with Crippen LogP contribution in [0.2, 0.25) is 0 Å². The molecule has 0 aromatic heterocycles. The summed E-state index contributed by atoms with van der Waals surface area (Å²) in [7, 11) is 2.96. The van der Waals surface area contributed by atoms with E-state index in [9.17, 15) is 13.2 Å². The Morgan fingerprint density at radius 3 is 2.23 bits per heavy atom. The number of hydrogen-bond acceptors (Lipinski definition) is 3. The van der Waals surface area contributed by atoms with Crippen molar-refractivity contribution in [3.8, 4) is 17.2 Å². The largest absolute Gasteiger partial charge is 0.493 e. The summed E-state index contributed by atoms with van der Waals surface area (Å²) < 4.78 is 53.9. The van der Waals surface area contributed by atoms with Crippen LogP contribution in [-0.4, -0.2) is 14.2 Å². The summed E-state index contributed by atoms with van der Waals surface area (Å²) in [6.07, 6.45) is -4.37. The van der Waals surface area contributed by atoms with Gasteiger partial charge in [0, 0.05) is 0 Å². The number of para-hydroxylation sites is 1. The molecule has 118 valence electrons. The molecule has 0 radical (unpaired) electrons. The highest BCUT2D eigenvalue weighted by Crippen LogP contribution is 2.37. The van der Waals surface area contributed by atoms with E-state index in [1.807, 2.05) is 0 Å². The smallest absolute Gasteiger partial charge is 0.416 e. The lowest BCUT2D eigenvalue weighted by atomic mass is 10.1. The van der Waals surface area contributed by atoms with Crippen molar-refractivity contribution in [2.24, 2.45) is 0 Å². The molecule has 0 unspecified atom stereocenters. The maximum Gasteiger partial charge on any atom is 0.416 e. The van der Waals surface area contributed by atoms with Crippen LogP contribution < -0.4 is 14.2 Å². The van der Waals surface area contributed by atoms with Crippen LogP contribution in [0.4, 0.5) is 13.2 Å². The zero-order valence-corrected chi connectivity index (χ0v) is 12.1. The third kappa shape index (κ3) is 3.63. The Morgan fingerprint density at radius 2 is 1.59 bits per heavy atom. The molecule has 0 heterocycles. The summed E-state index contributed by atoms with van der Waals surface area (Å²) in [5.74, 6) is 1.29. The van der Waals surface area contributed by atoms with Gasteiger partial charge in [-0.05, 0) is 29.8 Å². The highest BCUT2D eigenvalue weighted by Gasteiger charge is 2.30. The van der Waals surface area contributed by atoms with Crippen molar-refractivity contribution in [1.29, 1.82) is 0 Å². The minimum atomic E-state index is -4.37. The first-order chi connectivity index (χ1) is 10.5. The van der Waals surface area contributed by atoms with Gasteiger partial charge >= 0.3 is 6.18 Å². The van der Waals surface area contributed by atoms with E-state index in [2.05, 4.69) is 0 Å². The molecule has 22 heavy (non-hydrogen) atoms. The number of rotatable bonds is 5. The minimum absolute atomic E-state index is 0.00650. The summed E-state index contributed by atoms with van der Waals surface area (Å²) >= 11 is 0. The Bertz CT molecular complexity index is 639. The van der Waals surface area contributed by atoms with E-state index in [0.29, 0.717) is 22.8 Å². The number of hydrogen-bond donors (Lipinski definition) is 0. The van der Waals surface area contributed by atoms with Crippen LogP contribution in [0.5, 0.6) is 17.2 Å². The zero-order valence-electron chi connectivity index (χ0n) is 12.1. The Hall–Kier alpha value is -2.37. The molecule has 3 nitrogen and oxygen atoms in total. The van der Waals surface area contributed by atoms with Crippen LogP contribution in [0, 0.1) is 0 Å². The van der Waals surface area contributed by atoms with Crippen LogP contribution in [0.15, 0.2) is 42.5 Å². The van der Waals surface area contributed by atoms with E-state index in [1.54, 1.807) is 24.3 Å². The van der Waals surface area contributed by atoms with Gasteiger partial charge < -0.3 is 14.2 Å². The maximum atomic E-state index is 12.7. The second-order valence-electron chi connectivity index (χ2n) is 4.48. The van der Waals surface area contributed by atoms with Crippen molar-refractivity contribution in [2.75, 3.05) is 14.2 Å². The Kier molecular flexibility index (Phi) is 4.80. The van der Waals surface area contributed by atoms with Gasteiger partial charge in [-0.15, -0.1) is 0 Å². The number of benzene rings is 2. The van der Waals surface area contributed by atoms with E-state index >= 15 is 0 Å². The average molecular weight is 312 g/mol. The molecule has 0 aliphatic rings. The van der Waals surface area contributed by atoms with E-state index in [-0.39, 0.29) is 6.61 Å². The molecule has 0 aliphatic carbocycles. The van der Waals surface area contributed by atoms with E-state index in [1.165, 1.54) is 20.3 Å². The Morgan fingerprint density at radius 1 is 0.909 bits per heavy atom. The van der Waals surface area contributed by atoms with Crippen LogP contribution in [0.1, 0.15) is 11.1 Å². The minimum Gasteiger partial charge on any atom is -0.493 e. The molecular weight excluding hydrogens is 297 g/mol. The molecule has 2 rings (SSSR count). The van der Waals surface area contributed by atoms with Crippen LogP contribution >= 0.6 is 0 Å². The second-order valence-corrected chi connectivity index (χ2v) is 4.48. The summed E-state index contributed by atoms with van der Waals surface area (Å²) in [4.78, 5) is 0. The molecule has 0 saturated heterocycles. The summed E-state index contributed by atoms with van der Waals surface area (Å²) in [6, 6.07) is 10.1. The van der Waals surface area contributed by atoms with E-state index in [4.69, 9.17) is 14.2 Å². The third-order valence-corrected chi connectivity index (χ3v) is 3.02. The van der Waals surface area contributed by atoms with Crippen molar-refractivity contribution in [1.82, 2.24) is 0 Å². The Labute approximate surface area is 126 Å². The molecule has 6 heteroatoms. The van der Waals surface area contributed by atoms with Gasteiger partial charge in [-0.1, -0.05) is 18.2 Å². The fourth-order valence-corrected chi connectivity index (χ4v) is 1.97. The number of ether oxygens (including phenoxy) is 3.